The average Bonchev–Trinajstić information content (AvgIpc) is 2.68. The maximum absolute atomic E-state index is 12.9. The van der Waals surface area contributed by atoms with E-state index < -0.39 is 0 Å². The van der Waals surface area contributed by atoms with E-state index in [0.29, 0.717) is 25.2 Å². The zero-order valence-electron chi connectivity index (χ0n) is 15.6. The van der Waals surface area contributed by atoms with Gasteiger partial charge in [0, 0.05) is 39.3 Å². The summed E-state index contributed by atoms with van der Waals surface area (Å²) < 4.78 is 0. The summed E-state index contributed by atoms with van der Waals surface area (Å²) in [7, 11) is 0. The number of amides is 2. The molecule has 144 valence electrons. The minimum Gasteiger partial charge on any atom is -0.369 e. The SMILES string of the molecule is N#Cc1ccccc1CN1CCN(C(=O)[C@@H]2CCCN(CC(N)=O)C2)CC1. The largest absolute Gasteiger partial charge is 0.369 e. The molecule has 2 aliphatic heterocycles. The molecule has 0 aliphatic carbocycles. The molecular formula is C20H27N5O2. The Labute approximate surface area is 160 Å². The number of nitrogens with two attached hydrogens (primary N) is 1. The molecule has 2 fully saturated rings. The minimum absolute atomic E-state index is 0.0380. The Morgan fingerprint density at radius 2 is 1.85 bits per heavy atom. The van der Waals surface area contributed by atoms with Crippen LogP contribution in [0.5, 0.6) is 0 Å². The van der Waals surface area contributed by atoms with Crippen LogP contribution in [0.4, 0.5) is 0 Å². The summed E-state index contributed by atoms with van der Waals surface area (Å²) >= 11 is 0. The van der Waals surface area contributed by atoms with E-state index in [-0.39, 0.29) is 24.3 Å². The molecule has 1 aromatic carbocycles. The third kappa shape index (κ3) is 5.06. The molecule has 27 heavy (non-hydrogen) atoms. The topological polar surface area (TPSA) is 93.7 Å². The van der Waals surface area contributed by atoms with Gasteiger partial charge in [0.15, 0.2) is 0 Å². The van der Waals surface area contributed by atoms with E-state index in [2.05, 4.69) is 11.0 Å². The minimum atomic E-state index is -0.339. The van der Waals surface area contributed by atoms with Gasteiger partial charge in [0.2, 0.25) is 11.8 Å². The smallest absolute Gasteiger partial charge is 0.231 e. The van der Waals surface area contributed by atoms with Gasteiger partial charge in [-0.05, 0) is 31.0 Å². The molecule has 2 N–H and O–H groups in total. The van der Waals surface area contributed by atoms with Crippen LogP contribution in [0.1, 0.15) is 24.0 Å². The van der Waals surface area contributed by atoms with E-state index >= 15 is 0 Å². The number of carbonyl (C=O) groups is 2. The molecule has 0 spiro atoms. The molecule has 7 nitrogen and oxygen atoms in total. The molecule has 3 rings (SSSR count). The van der Waals surface area contributed by atoms with Crippen LogP contribution in [-0.4, -0.2) is 72.3 Å². The van der Waals surface area contributed by atoms with Gasteiger partial charge in [0.1, 0.15) is 0 Å². The van der Waals surface area contributed by atoms with Gasteiger partial charge in [-0.2, -0.15) is 5.26 Å². The Balaban J connectivity index is 1.50. The van der Waals surface area contributed by atoms with E-state index in [1.165, 1.54) is 0 Å². The molecule has 0 unspecified atom stereocenters. The fourth-order valence-corrected chi connectivity index (χ4v) is 4.01. The predicted octanol–water partition coefficient (Wildman–Crippen LogP) is 0.400. The highest BCUT2D eigenvalue weighted by molar-refractivity contribution is 5.80. The summed E-state index contributed by atoms with van der Waals surface area (Å²) in [4.78, 5) is 30.2. The number of hydrogen-bond acceptors (Lipinski definition) is 5. The monoisotopic (exact) mass is 369 g/mol. The van der Waals surface area contributed by atoms with Crippen LogP contribution in [0.15, 0.2) is 24.3 Å². The molecule has 2 aliphatic rings. The van der Waals surface area contributed by atoms with Gasteiger partial charge in [-0.25, -0.2) is 0 Å². The highest BCUT2D eigenvalue weighted by atomic mass is 16.2. The number of carbonyl (C=O) groups excluding carboxylic acids is 2. The number of benzene rings is 1. The third-order valence-electron chi connectivity index (χ3n) is 5.45. The van der Waals surface area contributed by atoms with Gasteiger partial charge < -0.3 is 10.6 Å². The highest BCUT2D eigenvalue weighted by Crippen LogP contribution is 2.20. The lowest BCUT2D eigenvalue weighted by atomic mass is 9.96. The Kier molecular flexibility index (Phi) is 6.43. The van der Waals surface area contributed by atoms with E-state index in [1.807, 2.05) is 34.1 Å². The summed E-state index contributed by atoms with van der Waals surface area (Å²) in [5.41, 5.74) is 7.04. The Morgan fingerprint density at radius 1 is 1.11 bits per heavy atom. The number of primary amides is 1. The normalized spacial score (nSPS) is 21.6. The lowest BCUT2D eigenvalue weighted by Gasteiger charge is -2.38. The van der Waals surface area contributed by atoms with Gasteiger partial charge >= 0.3 is 0 Å². The highest BCUT2D eigenvalue weighted by Gasteiger charge is 2.31. The first kappa shape index (κ1) is 19.3. The van der Waals surface area contributed by atoms with Crippen molar-refractivity contribution in [3.05, 3.63) is 35.4 Å². The summed E-state index contributed by atoms with van der Waals surface area (Å²) in [6.45, 7) is 5.46. The van der Waals surface area contributed by atoms with Crippen molar-refractivity contribution in [1.82, 2.24) is 14.7 Å². The van der Waals surface area contributed by atoms with E-state index in [4.69, 9.17) is 5.73 Å². The Morgan fingerprint density at radius 3 is 2.56 bits per heavy atom. The summed E-state index contributed by atoms with van der Waals surface area (Å²) in [6, 6.07) is 9.91. The average molecular weight is 369 g/mol. The van der Waals surface area contributed by atoms with E-state index in [0.717, 1.165) is 44.6 Å². The maximum atomic E-state index is 12.9. The summed E-state index contributed by atoms with van der Waals surface area (Å²) in [6.07, 6.45) is 1.80. The van der Waals surface area contributed by atoms with E-state index in [9.17, 15) is 14.9 Å². The number of likely N-dealkylation sites (tertiary alicyclic amines) is 1. The number of nitriles is 1. The van der Waals surface area contributed by atoms with Crippen molar-refractivity contribution in [3.8, 4) is 6.07 Å². The Bertz CT molecular complexity index is 721. The van der Waals surface area contributed by atoms with Crippen molar-refractivity contribution in [2.75, 3.05) is 45.8 Å². The molecule has 0 bridgehead atoms. The molecule has 7 heteroatoms. The zero-order valence-corrected chi connectivity index (χ0v) is 15.6. The second kappa shape index (κ2) is 8.98. The second-order valence-corrected chi connectivity index (χ2v) is 7.41. The van der Waals surface area contributed by atoms with Crippen LogP contribution in [0, 0.1) is 17.2 Å². The van der Waals surface area contributed by atoms with Crippen molar-refractivity contribution in [1.29, 1.82) is 5.26 Å². The second-order valence-electron chi connectivity index (χ2n) is 7.41. The van der Waals surface area contributed by atoms with Gasteiger partial charge in [-0.15, -0.1) is 0 Å². The fraction of sp³-hybridized carbons (Fsp3) is 0.550. The first-order valence-electron chi connectivity index (χ1n) is 9.56. The fourth-order valence-electron chi connectivity index (χ4n) is 4.01. The molecule has 2 amide bonds. The number of rotatable bonds is 5. The standard InChI is InChI=1S/C20H27N5O2/c21-12-16-4-1-2-5-17(16)13-23-8-10-25(11-9-23)20(27)18-6-3-7-24(14-18)15-19(22)26/h1-2,4-5,18H,3,6-11,13-15H2,(H2,22,26)/t18-/m1/s1. The van der Waals surface area contributed by atoms with Crippen molar-refractivity contribution in [2.24, 2.45) is 11.7 Å². The number of piperidine rings is 1. The molecule has 1 aromatic rings. The molecule has 1 atom stereocenters. The first-order chi connectivity index (χ1) is 13.1. The van der Waals surface area contributed by atoms with Crippen LogP contribution in [0.3, 0.4) is 0 Å². The van der Waals surface area contributed by atoms with Crippen LogP contribution in [0.25, 0.3) is 0 Å². The van der Waals surface area contributed by atoms with E-state index in [1.54, 1.807) is 0 Å². The lowest BCUT2D eigenvalue weighted by molar-refractivity contribution is -0.139. The van der Waals surface area contributed by atoms with Crippen molar-refractivity contribution >= 4 is 11.8 Å². The summed E-state index contributed by atoms with van der Waals surface area (Å²) in [5, 5.41) is 9.23. The lowest BCUT2D eigenvalue weighted by Crippen LogP contribution is -2.52. The van der Waals surface area contributed by atoms with Gasteiger partial charge in [0.25, 0.3) is 0 Å². The van der Waals surface area contributed by atoms with Crippen molar-refractivity contribution in [3.63, 3.8) is 0 Å². The van der Waals surface area contributed by atoms with Crippen LogP contribution in [-0.2, 0) is 16.1 Å². The van der Waals surface area contributed by atoms with Gasteiger partial charge in [-0.3, -0.25) is 19.4 Å². The Hall–Kier alpha value is -2.43. The van der Waals surface area contributed by atoms with Gasteiger partial charge in [0.05, 0.1) is 24.1 Å². The van der Waals surface area contributed by atoms with Crippen molar-refractivity contribution in [2.45, 2.75) is 19.4 Å². The number of piperazine rings is 1. The van der Waals surface area contributed by atoms with Gasteiger partial charge in [-0.1, -0.05) is 18.2 Å². The molecule has 0 saturated carbocycles. The number of hydrogen-bond donors (Lipinski definition) is 1. The van der Waals surface area contributed by atoms with Crippen LogP contribution >= 0.6 is 0 Å². The quantitative estimate of drug-likeness (QED) is 0.811. The zero-order chi connectivity index (χ0) is 19.2. The van der Waals surface area contributed by atoms with Crippen LogP contribution < -0.4 is 5.73 Å². The maximum Gasteiger partial charge on any atom is 0.231 e. The third-order valence-corrected chi connectivity index (χ3v) is 5.45. The van der Waals surface area contributed by atoms with Crippen LogP contribution in [0.2, 0.25) is 0 Å². The molecule has 0 aromatic heterocycles. The molecule has 2 heterocycles. The molecular weight excluding hydrogens is 342 g/mol. The predicted molar refractivity (Wildman–Crippen MR) is 101 cm³/mol. The summed E-state index contributed by atoms with van der Waals surface area (Å²) in [5.74, 6) is -0.181. The first-order valence-corrected chi connectivity index (χ1v) is 9.56. The molecule has 2 saturated heterocycles. The number of nitrogens with zero attached hydrogens (tertiary/aromatic N) is 4. The van der Waals surface area contributed by atoms with Crippen molar-refractivity contribution < 1.29 is 9.59 Å². The molecule has 0 radical (unpaired) electrons.